The van der Waals surface area contributed by atoms with Gasteiger partial charge in [0, 0.05) is 41.6 Å². The van der Waals surface area contributed by atoms with E-state index in [0.717, 1.165) is 0 Å². The SMILES string of the molecule is CC1OCCN(c2ccc(NC(=O)[C@H]3C[C@@H](O)CN3C(=O)Nc3ccc(Cl)cc3)cc2)C1=O. The Labute approximate surface area is 196 Å². The van der Waals surface area contributed by atoms with Crippen LogP contribution in [0.2, 0.25) is 5.02 Å². The molecular formula is C23H25ClN4O5. The number of halogens is 1. The van der Waals surface area contributed by atoms with Gasteiger partial charge in [-0.3, -0.25) is 9.59 Å². The first-order chi connectivity index (χ1) is 15.8. The number of benzene rings is 2. The van der Waals surface area contributed by atoms with Crippen LogP contribution in [-0.4, -0.2) is 65.8 Å². The van der Waals surface area contributed by atoms with Crippen molar-refractivity contribution < 1.29 is 24.2 Å². The Morgan fingerprint density at radius 2 is 1.70 bits per heavy atom. The number of hydrogen-bond acceptors (Lipinski definition) is 5. The van der Waals surface area contributed by atoms with Crippen LogP contribution in [0, 0.1) is 0 Å². The van der Waals surface area contributed by atoms with Gasteiger partial charge in [-0.25, -0.2) is 4.79 Å². The predicted octanol–water partition coefficient (Wildman–Crippen LogP) is 2.70. The van der Waals surface area contributed by atoms with Gasteiger partial charge in [-0.05, 0) is 55.5 Å². The highest BCUT2D eigenvalue weighted by Crippen LogP contribution is 2.24. The number of ether oxygens (including phenoxy) is 1. The molecule has 2 aromatic carbocycles. The van der Waals surface area contributed by atoms with E-state index in [-0.39, 0.29) is 18.9 Å². The zero-order chi connectivity index (χ0) is 23.5. The molecule has 0 spiro atoms. The summed E-state index contributed by atoms with van der Waals surface area (Å²) in [5.74, 6) is -0.512. The molecule has 33 heavy (non-hydrogen) atoms. The zero-order valence-electron chi connectivity index (χ0n) is 18.0. The molecule has 9 nitrogen and oxygen atoms in total. The lowest BCUT2D eigenvalue weighted by molar-refractivity contribution is -0.132. The fraction of sp³-hybridized carbons (Fsp3) is 0.348. The van der Waals surface area contributed by atoms with Gasteiger partial charge in [0.15, 0.2) is 0 Å². The lowest BCUT2D eigenvalue weighted by Crippen LogP contribution is -2.46. The van der Waals surface area contributed by atoms with E-state index in [9.17, 15) is 19.5 Å². The number of carbonyl (C=O) groups is 3. The van der Waals surface area contributed by atoms with Gasteiger partial charge in [0.2, 0.25) is 5.91 Å². The quantitative estimate of drug-likeness (QED) is 0.633. The van der Waals surface area contributed by atoms with Crippen molar-refractivity contribution in [3.63, 3.8) is 0 Å². The Kier molecular flexibility index (Phi) is 6.83. The number of hydrogen-bond donors (Lipinski definition) is 3. The molecule has 10 heteroatoms. The summed E-state index contributed by atoms with van der Waals surface area (Å²) in [6.45, 7) is 2.69. The number of urea groups is 1. The highest BCUT2D eigenvalue weighted by Gasteiger charge is 2.39. The maximum Gasteiger partial charge on any atom is 0.322 e. The molecule has 0 bridgehead atoms. The van der Waals surface area contributed by atoms with Crippen molar-refractivity contribution in [3.05, 3.63) is 53.6 Å². The second-order valence-corrected chi connectivity index (χ2v) is 8.47. The summed E-state index contributed by atoms with van der Waals surface area (Å²) in [6, 6.07) is 12.2. The molecule has 2 aliphatic heterocycles. The standard InChI is InChI=1S/C23H25ClN4O5/c1-14-22(31)27(10-11-33-14)18-8-6-16(7-9-18)25-21(30)20-12-19(29)13-28(20)23(32)26-17-4-2-15(24)3-5-17/h2-9,14,19-20,29H,10-13H2,1H3,(H,25,30)(H,26,32)/t14?,19-,20-/m1/s1. The Balaban J connectivity index is 1.40. The van der Waals surface area contributed by atoms with E-state index >= 15 is 0 Å². The molecule has 2 aromatic rings. The van der Waals surface area contributed by atoms with Gasteiger partial charge in [0.25, 0.3) is 5.91 Å². The van der Waals surface area contributed by atoms with Gasteiger partial charge in [-0.15, -0.1) is 0 Å². The number of morpholine rings is 1. The molecule has 2 fully saturated rings. The van der Waals surface area contributed by atoms with Crippen molar-refractivity contribution in [3.8, 4) is 0 Å². The van der Waals surface area contributed by atoms with E-state index < -0.39 is 30.2 Å². The number of carbonyl (C=O) groups excluding carboxylic acids is 3. The maximum atomic E-state index is 12.9. The van der Waals surface area contributed by atoms with Crippen molar-refractivity contribution in [1.82, 2.24) is 4.90 Å². The zero-order valence-corrected chi connectivity index (χ0v) is 18.8. The largest absolute Gasteiger partial charge is 0.391 e. The van der Waals surface area contributed by atoms with Crippen LogP contribution in [0.4, 0.5) is 21.9 Å². The van der Waals surface area contributed by atoms with E-state index in [1.54, 1.807) is 60.4 Å². The first-order valence-corrected chi connectivity index (χ1v) is 11.0. The molecule has 0 aliphatic carbocycles. The monoisotopic (exact) mass is 472 g/mol. The van der Waals surface area contributed by atoms with Crippen molar-refractivity contribution in [2.45, 2.75) is 31.6 Å². The number of aliphatic hydroxyl groups excluding tert-OH is 1. The second kappa shape index (κ2) is 9.78. The van der Waals surface area contributed by atoms with Gasteiger partial charge in [0.05, 0.1) is 12.7 Å². The topological polar surface area (TPSA) is 111 Å². The molecular weight excluding hydrogens is 448 g/mol. The normalized spacial score (nSPS) is 22.9. The Bertz CT molecular complexity index is 1030. The van der Waals surface area contributed by atoms with Crippen LogP contribution >= 0.6 is 11.6 Å². The molecule has 0 aromatic heterocycles. The molecule has 2 heterocycles. The van der Waals surface area contributed by atoms with Gasteiger partial charge in [0.1, 0.15) is 12.1 Å². The predicted molar refractivity (Wildman–Crippen MR) is 124 cm³/mol. The average molecular weight is 473 g/mol. The molecule has 4 amide bonds. The summed E-state index contributed by atoms with van der Waals surface area (Å²) in [5.41, 5.74) is 1.78. The van der Waals surface area contributed by atoms with Crippen LogP contribution in [0.1, 0.15) is 13.3 Å². The Morgan fingerprint density at radius 1 is 1.06 bits per heavy atom. The molecule has 0 radical (unpaired) electrons. The summed E-state index contributed by atoms with van der Waals surface area (Å²) in [7, 11) is 0. The minimum atomic E-state index is -0.825. The molecule has 1 unspecified atom stereocenters. The first kappa shape index (κ1) is 23.0. The average Bonchev–Trinajstić information content (AvgIpc) is 3.20. The van der Waals surface area contributed by atoms with E-state index in [4.69, 9.17) is 16.3 Å². The summed E-state index contributed by atoms with van der Waals surface area (Å²) in [4.78, 5) is 40.9. The lowest BCUT2D eigenvalue weighted by atomic mass is 10.1. The molecule has 2 aliphatic rings. The van der Waals surface area contributed by atoms with E-state index in [2.05, 4.69) is 10.6 Å². The van der Waals surface area contributed by atoms with E-state index in [1.165, 1.54) is 4.90 Å². The molecule has 3 atom stereocenters. The second-order valence-electron chi connectivity index (χ2n) is 8.03. The van der Waals surface area contributed by atoms with Gasteiger partial charge in [-0.2, -0.15) is 0 Å². The van der Waals surface area contributed by atoms with Crippen LogP contribution in [0.5, 0.6) is 0 Å². The molecule has 4 rings (SSSR count). The number of likely N-dealkylation sites (tertiary alicyclic amines) is 1. The summed E-state index contributed by atoms with van der Waals surface area (Å²) in [5, 5.41) is 16.2. The van der Waals surface area contributed by atoms with Crippen LogP contribution in [0.15, 0.2) is 48.5 Å². The fourth-order valence-electron chi connectivity index (χ4n) is 3.94. The number of nitrogens with zero attached hydrogens (tertiary/aromatic N) is 2. The minimum Gasteiger partial charge on any atom is -0.391 e. The summed E-state index contributed by atoms with van der Waals surface area (Å²) < 4.78 is 5.34. The van der Waals surface area contributed by atoms with E-state index in [1.807, 2.05) is 0 Å². The summed E-state index contributed by atoms with van der Waals surface area (Å²) in [6.07, 6.45) is -1.15. The van der Waals surface area contributed by atoms with Crippen LogP contribution in [-0.2, 0) is 14.3 Å². The number of anilines is 3. The van der Waals surface area contributed by atoms with Crippen molar-refractivity contribution in [2.75, 3.05) is 35.2 Å². The number of amides is 4. The van der Waals surface area contributed by atoms with Gasteiger partial charge >= 0.3 is 6.03 Å². The van der Waals surface area contributed by atoms with Gasteiger partial charge in [-0.1, -0.05) is 11.6 Å². The fourth-order valence-corrected chi connectivity index (χ4v) is 4.07. The third kappa shape index (κ3) is 5.27. The van der Waals surface area contributed by atoms with E-state index in [0.29, 0.717) is 35.2 Å². The smallest absolute Gasteiger partial charge is 0.322 e. The highest BCUT2D eigenvalue weighted by atomic mass is 35.5. The molecule has 0 saturated carbocycles. The van der Waals surface area contributed by atoms with Crippen LogP contribution in [0.3, 0.4) is 0 Å². The van der Waals surface area contributed by atoms with Crippen molar-refractivity contribution in [2.24, 2.45) is 0 Å². The number of aliphatic hydroxyl groups is 1. The third-order valence-corrected chi connectivity index (χ3v) is 5.93. The number of rotatable bonds is 4. The Hall–Kier alpha value is -3.14. The molecule has 2 saturated heterocycles. The summed E-state index contributed by atoms with van der Waals surface area (Å²) >= 11 is 5.87. The van der Waals surface area contributed by atoms with Crippen LogP contribution < -0.4 is 15.5 Å². The first-order valence-electron chi connectivity index (χ1n) is 10.7. The van der Waals surface area contributed by atoms with Gasteiger partial charge < -0.3 is 30.3 Å². The van der Waals surface area contributed by atoms with Crippen molar-refractivity contribution >= 4 is 46.5 Å². The highest BCUT2D eigenvalue weighted by molar-refractivity contribution is 6.30. The van der Waals surface area contributed by atoms with Crippen LogP contribution in [0.25, 0.3) is 0 Å². The van der Waals surface area contributed by atoms with Crippen molar-refractivity contribution in [1.29, 1.82) is 0 Å². The maximum absolute atomic E-state index is 12.9. The molecule has 3 N–H and O–H groups in total. The number of nitrogens with one attached hydrogen (secondary N) is 2. The Morgan fingerprint density at radius 3 is 2.39 bits per heavy atom. The molecule has 174 valence electrons. The lowest BCUT2D eigenvalue weighted by Gasteiger charge is -2.31. The minimum absolute atomic E-state index is 0.0494. The third-order valence-electron chi connectivity index (χ3n) is 5.68. The number of β-amino-alcohol motifs (C(OH)–C–C–N with tert-alkyl or cyclic N) is 1.